The van der Waals surface area contributed by atoms with Crippen molar-refractivity contribution in [3.05, 3.63) is 52.6 Å². The fourth-order valence-corrected chi connectivity index (χ4v) is 2.68. The van der Waals surface area contributed by atoms with E-state index in [1.165, 1.54) is 10.3 Å². The van der Waals surface area contributed by atoms with Crippen LogP contribution in [0.3, 0.4) is 0 Å². The van der Waals surface area contributed by atoms with Crippen LogP contribution < -0.4 is 5.73 Å². The normalized spacial score (nSPS) is 10.9. The van der Waals surface area contributed by atoms with Gasteiger partial charge in [0.15, 0.2) is 0 Å². The summed E-state index contributed by atoms with van der Waals surface area (Å²) in [6, 6.07) is 8.15. The molecule has 0 saturated carbocycles. The average molecular weight is 273 g/mol. The molecule has 0 aliphatic rings. The van der Waals surface area contributed by atoms with Gasteiger partial charge in [-0.15, -0.1) is 11.3 Å². The molecule has 0 atom stereocenters. The van der Waals surface area contributed by atoms with Crippen LogP contribution in [-0.4, -0.2) is 14.5 Å². The van der Waals surface area contributed by atoms with Gasteiger partial charge in [-0.25, -0.2) is 0 Å². The monoisotopic (exact) mass is 273 g/mol. The molecular formula is C13H11N3S2. The zero-order valence-corrected chi connectivity index (χ0v) is 11.2. The number of nitrogens with two attached hydrogens (primary N) is 1. The van der Waals surface area contributed by atoms with Gasteiger partial charge >= 0.3 is 0 Å². The Balaban J connectivity index is 2.06. The Morgan fingerprint density at radius 3 is 3.00 bits per heavy atom. The minimum Gasteiger partial charge on any atom is -0.389 e. The molecular weight excluding hydrogens is 262 g/mol. The third kappa shape index (κ3) is 2.02. The number of nitrogens with zero attached hydrogens (tertiary/aromatic N) is 2. The van der Waals surface area contributed by atoms with Crippen LogP contribution in [0.15, 0.2) is 42.2 Å². The molecule has 2 aromatic heterocycles. The molecule has 0 spiro atoms. The molecule has 0 fully saturated rings. The molecule has 0 amide bonds. The Morgan fingerprint density at radius 2 is 2.28 bits per heavy atom. The van der Waals surface area contributed by atoms with E-state index in [2.05, 4.69) is 21.8 Å². The van der Waals surface area contributed by atoms with E-state index >= 15 is 0 Å². The average Bonchev–Trinajstić information content (AvgIpc) is 2.99. The minimum atomic E-state index is 0.433. The molecule has 0 saturated heterocycles. The van der Waals surface area contributed by atoms with Crippen molar-refractivity contribution in [3.63, 3.8) is 0 Å². The quantitative estimate of drug-likeness (QED) is 0.746. The van der Waals surface area contributed by atoms with E-state index in [4.69, 9.17) is 18.0 Å². The molecule has 0 bridgehead atoms. The number of aromatic nitrogens is 2. The van der Waals surface area contributed by atoms with Crippen molar-refractivity contribution in [2.75, 3.05) is 0 Å². The third-order valence-corrected chi connectivity index (χ3v) is 3.87. The minimum absolute atomic E-state index is 0.433. The first-order chi connectivity index (χ1) is 8.74. The van der Waals surface area contributed by atoms with Gasteiger partial charge in [-0.3, -0.25) is 4.98 Å². The molecule has 5 heteroatoms. The topological polar surface area (TPSA) is 43.8 Å². The SMILES string of the molecule is NC(=S)c1ccc2ccn(Cc3cncs3)c2c1. The molecule has 2 N–H and O–H groups in total. The van der Waals surface area contributed by atoms with Gasteiger partial charge in [-0.1, -0.05) is 24.4 Å². The highest BCUT2D eigenvalue weighted by molar-refractivity contribution is 7.80. The Labute approximate surface area is 114 Å². The molecule has 90 valence electrons. The second kappa shape index (κ2) is 4.51. The number of thiazole rings is 1. The summed E-state index contributed by atoms with van der Waals surface area (Å²) in [6.45, 7) is 0.828. The predicted molar refractivity (Wildman–Crippen MR) is 79.0 cm³/mol. The van der Waals surface area contributed by atoms with Crippen molar-refractivity contribution < 1.29 is 0 Å². The fourth-order valence-electron chi connectivity index (χ4n) is 1.96. The highest BCUT2D eigenvalue weighted by atomic mass is 32.1. The zero-order chi connectivity index (χ0) is 12.5. The van der Waals surface area contributed by atoms with Gasteiger partial charge in [-0.05, 0) is 17.5 Å². The number of hydrogen-bond acceptors (Lipinski definition) is 3. The first-order valence-corrected chi connectivity index (χ1v) is 6.79. The molecule has 0 aliphatic heterocycles. The largest absolute Gasteiger partial charge is 0.389 e. The van der Waals surface area contributed by atoms with Crippen LogP contribution in [0.4, 0.5) is 0 Å². The smallest absolute Gasteiger partial charge is 0.104 e. The third-order valence-electron chi connectivity index (χ3n) is 2.87. The lowest BCUT2D eigenvalue weighted by atomic mass is 10.1. The van der Waals surface area contributed by atoms with Crippen LogP contribution in [-0.2, 0) is 6.54 Å². The first kappa shape index (κ1) is 11.4. The summed E-state index contributed by atoms with van der Waals surface area (Å²) in [5.41, 5.74) is 9.57. The first-order valence-electron chi connectivity index (χ1n) is 5.50. The lowest BCUT2D eigenvalue weighted by Gasteiger charge is -2.04. The molecule has 0 radical (unpaired) electrons. The highest BCUT2D eigenvalue weighted by Crippen LogP contribution is 2.20. The molecule has 3 aromatic rings. The summed E-state index contributed by atoms with van der Waals surface area (Å²) >= 11 is 6.68. The van der Waals surface area contributed by atoms with Crippen molar-refractivity contribution in [1.29, 1.82) is 0 Å². The molecule has 2 heterocycles. The predicted octanol–water partition coefficient (Wildman–Crippen LogP) is 2.78. The molecule has 3 rings (SSSR count). The lowest BCUT2D eigenvalue weighted by molar-refractivity contribution is 0.849. The second-order valence-electron chi connectivity index (χ2n) is 4.05. The number of thiocarbonyl (C=S) groups is 1. The van der Waals surface area contributed by atoms with Crippen LogP contribution in [0.1, 0.15) is 10.4 Å². The lowest BCUT2D eigenvalue weighted by Crippen LogP contribution is -2.09. The van der Waals surface area contributed by atoms with E-state index < -0.39 is 0 Å². The summed E-state index contributed by atoms with van der Waals surface area (Å²) in [7, 11) is 0. The molecule has 3 nitrogen and oxygen atoms in total. The van der Waals surface area contributed by atoms with Crippen molar-refractivity contribution in [2.24, 2.45) is 5.73 Å². The van der Waals surface area contributed by atoms with E-state index in [-0.39, 0.29) is 0 Å². The summed E-state index contributed by atoms with van der Waals surface area (Å²) in [5, 5.41) is 1.19. The highest BCUT2D eigenvalue weighted by Gasteiger charge is 2.05. The molecule has 0 unspecified atom stereocenters. The summed E-state index contributed by atoms with van der Waals surface area (Å²) in [5.74, 6) is 0. The van der Waals surface area contributed by atoms with E-state index in [0.717, 1.165) is 17.6 Å². The van der Waals surface area contributed by atoms with E-state index in [1.54, 1.807) is 11.3 Å². The van der Waals surface area contributed by atoms with Crippen LogP contribution in [0.5, 0.6) is 0 Å². The van der Waals surface area contributed by atoms with E-state index in [0.29, 0.717) is 4.99 Å². The fraction of sp³-hybridized carbons (Fsp3) is 0.0769. The maximum atomic E-state index is 5.67. The Bertz CT molecular complexity index is 698. The number of fused-ring (bicyclic) bond motifs is 1. The maximum Gasteiger partial charge on any atom is 0.104 e. The van der Waals surface area contributed by atoms with Gasteiger partial charge in [0.05, 0.1) is 12.1 Å². The van der Waals surface area contributed by atoms with Gasteiger partial charge in [0.2, 0.25) is 0 Å². The summed E-state index contributed by atoms with van der Waals surface area (Å²) in [4.78, 5) is 5.76. The van der Waals surface area contributed by atoms with Gasteiger partial charge < -0.3 is 10.3 Å². The number of hydrogen-bond donors (Lipinski definition) is 1. The standard InChI is InChI=1S/C13H11N3S2/c14-13(17)10-2-1-9-3-4-16(12(9)5-10)7-11-6-15-8-18-11/h1-6,8H,7H2,(H2,14,17). The van der Waals surface area contributed by atoms with Gasteiger partial charge in [0.25, 0.3) is 0 Å². The summed E-state index contributed by atoms with van der Waals surface area (Å²) < 4.78 is 2.19. The van der Waals surface area contributed by atoms with Crippen LogP contribution in [0.25, 0.3) is 10.9 Å². The Kier molecular flexibility index (Phi) is 2.85. The van der Waals surface area contributed by atoms with Crippen molar-refractivity contribution in [1.82, 2.24) is 9.55 Å². The Morgan fingerprint density at radius 1 is 1.39 bits per heavy atom. The van der Waals surface area contributed by atoms with Gasteiger partial charge in [-0.2, -0.15) is 0 Å². The molecule has 0 aliphatic carbocycles. The number of rotatable bonds is 3. The Hall–Kier alpha value is -1.72. The molecule has 1 aromatic carbocycles. The van der Waals surface area contributed by atoms with Crippen LogP contribution in [0.2, 0.25) is 0 Å². The second-order valence-corrected chi connectivity index (χ2v) is 5.46. The zero-order valence-electron chi connectivity index (χ0n) is 9.54. The van der Waals surface area contributed by atoms with E-state index in [1.807, 2.05) is 29.9 Å². The van der Waals surface area contributed by atoms with Crippen molar-refractivity contribution in [2.45, 2.75) is 6.54 Å². The maximum absolute atomic E-state index is 5.67. The van der Waals surface area contributed by atoms with Gasteiger partial charge in [0, 0.05) is 28.4 Å². The summed E-state index contributed by atoms with van der Waals surface area (Å²) in [6.07, 6.45) is 3.97. The van der Waals surface area contributed by atoms with Crippen molar-refractivity contribution in [3.8, 4) is 0 Å². The number of benzene rings is 1. The van der Waals surface area contributed by atoms with Crippen molar-refractivity contribution >= 4 is 39.4 Å². The van der Waals surface area contributed by atoms with Gasteiger partial charge in [0.1, 0.15) is 4.99 Å². The molecule has 18 heavy (non-hydrogen) atoms. The van der Waals surface area contributed by atoms with Crippen LogP contribution in [0, 0.1) is 0 Å². The van der Waals surface area contributed by atoms with E-state index in [9.17, 15) is 0 Å². The van der Waals surface area contributed by atoms with Crippen LogP contribution >= 0.6 is 23.6 Å².